The summed E-state index contributed by atoms with van der Waals surface area (Å²) in [5, 5.41) is 0. The van der Waals surface area contributed by atoms with Gasteiger partial charge in [0.25, 0.3) is 0 Å². The van der Waals surface area contributed by atoms with E-state index in [-0.39, 0.29) is 0 Å². The minimum atomic E-state index is 0.590. The van der Waals surface area contributed by atoms with Crippen molar-refractivity contribution in [1.82, 2.24) is 0 Å². The molecule has 1 aliphatic carbocycles. The molecule has 1 nitrogen and oxygen atoms in total. The average Bonchev–Trinajstić information content (AvgIpc) is 3.31. The highest BCUT2D eigenvalue weighted by molar-refractivity contribution is 5.83. The van der Waals surface area contributed by atoms with Crippen molar-refractivity contribution in [1.29, 1.82) is 0 Å². The van der Waals surface area contributed by atoms with E-state index in [1.807, 2.05) is 0 Å². The summed E-state index contributed by atoms with van der Waals surface area (Å²) in [6.07, 6.45) is 2.20. The Morgan fingerprint density at radius 1 is 0.583 bits per heavy atom. The predicted molar refractivity (Wildman–Crippen MR) is 154 cm³/mol. The molecule has 0 bridgehead atoms. The fraction of sp³-hybridized carbons (Fsp3) is 0.143. The van der Waals surface area contributed by atoms with E-state index in [1.165, 1.54) is 45.4 Å². The van der Waals surface area contributed by atoms with Crippen LogP contribution < -0.4 is 4.90 Å². The predicted octanol–water partition coefficient (Wildman–Crippen LogP) is 9.91. The van der Waals surface area contributed by atoms with Gasteiger partial charge in [0.2, 0.25) is 0 Å². The monoisotopic (exact) mass is 465 g/mol. The van der Waals surface area contributed by atoms with Crippen LogP contribution in [-0.4, -0.2) is 0 Å². The molecule has 0 aromatic heterocycles. The molecule has 0 radical (unpaired) electrons. The molecule has 1 atom stereocenters. The highest BCUT2D eigenvalue weighted by Gasteiger charge is 2.20. The van der Waals surface area contributed by atoms with Gasteiger partial charge in [-0.25, -0.2) is 0 Å². The van der Waals surface area contributed by atoms with Crippen LogP contribution in [0.1, 0.15) is 42.9 Å². The topological polar surface area (TPSA) is 3.24 Å². The van der Waals surface area contributed by atoms with Crippen LogP contribution in [0.15, 0.2) is 121 Å². The zero-order valence-corrected chi connectivity index (χ0v) is 21.0. The van der Waals surface area contributed by atoms with E-state index in [1.54, 1.807) is 0 Å². The summed E-state index contributed by atoms with van der Waals surface area (Å²) < 4.78 is 0. The molecule has 0 saturated heterocycles. The minimum Gasteiger partial charge on any atom is -0.311 e. The van der Waals surface area contributed by atoms with E-state index < -0.39 is 0 Å². The number of anilines is 3. The van der Waals surface area contributed by atoms with Gasteiger partial charge in [0.15, 0.2) is 0 Å². The smallest absolute Gasteiger partial charge is 0.0462 e. The van der Waals surface area contributed by atoms with Crippen LogP contribution in [-0.2, 0) is 6.42 Å². The van der Waals surface area contributed by atoms with Crippen LogP contribution >= 0.6 is 0 Å². The van der Waals surface area contributed by atoms with Gasteiger partial charge in [0, 0.05) is 17.1 Å². The van der Waals surface area contributed by atoms with Crippen LogP contribution in [0.5, 0.6) is 0 Å². The van der Waals surface area contributed by atoms with E-state index in [0.717, 1.165) is 23.5 Å². The summed E-state index contributed by atoms with van der Waals surface area (Å²) in [4.78, 5) is 2.30. The molecule has 0 saturated carbocycles. The van der Waals surface area contributed by atoms with Gasteiger partial charge in [-0.2, -0.15) is 0 Å². The van der Waals surface area contributed by atoms with Crippen LogP contribution in [0.25, 0.3) is 22.3 Å². The molecule has 36 heavy (non-hydrogen) atoms. The largest absolute Gasteiger partial charge is 0.311 e. The van der Waals surface area contributed by atoms with Crippen molar-refractivity contribution in [2.75, 3.05) is 4.90 Å². The Kier molecular flexibility index (Phi) is 5.91. The Morgan fingerprint density at radius 2 is 1.11 bits per heavy atom. The lowest BCUT2D eigenvalue weighted by atomic mass is 9.93. The lowest BCUT2D eigenvalue weighted by molar-refractivity contribution is 0.733. The first-order valence-corrected chi connectivity index (χ1v) is 13.0. The normalized spacial score (nSPS) is 12.6. The summed E-state index contributed by atoms with van der Waals surface area (Å²) in [5.74, 6) is 0.590. The number of rotatable bonds is 6. The standard InChI is InChI=1S/C35H31N/c1-3-25(2)27-14-16-29-22-30-17-15-28(24-35(30)34(29)23-27)26-18-20-33(21-19-26)36(31-10-6-4-7-11-31)32-12-8-5-9-13-32/h4-21,23-25H,3,22H2,1-2H3. The van der Waals surface area contributed by atoms with Crippen molar-refractivity contribution in [3.8, 4) is 22.3 Å². The number of benzene rings is 5. The SMILES string of the molecule is CCC(C)c1ccc2c(c1)-c1cc(-c3ccc(N(c4ccccc4)c4ccccc4)cc3)ccc1C2. The maximum absolute atomic E-state index is 2.43. The lowest BCUT2D eigenvalue weighted by Crippen LogP contribution is -2.09. The average molecular weight is 466 g/mol. The van der Waals surface area contributed by atoms with Crippen molar-refractivity contribution in [3.63, 3.8) is 0 Å². The van der Waals surface area contributed by atoms with E-state index >= 15 is 0 Å². The summed E-state index contributed by atoms with van der Waals surface area (Å²) in [5.41, 5.74) is 13.1. The molecule has 0 fully saturated rings. The van der Waals surface area contributed by atoms with Gasteiger partial charge in [0.1, 0.15) is 0 Å². The highest BCUT2D eigenvalue weighted by Crippen LogP contribution is 2.41. The van der Waals surface area contributed by atoms with Crippen LogP contribution in [0, 0.1) is 0 Å². The summed E-state index contributed by atoms with van der Waals surface area (Å²) in [7, 11) is 0. The molecule has 0 aliphatic heterocycles. The summed E-state index contributed by atoms with van der Waals surface area (Å²) in [6, 6.07) is 44.2. The second-order valence-electron chi connectivity index (χ2n) is 9.83. The van der Waals surface area contributed by atoms with E-state index in [0.29, 0.717) is 5.92 Å². The van der Waals surface area contributed by atoms with Crippen molar-refractivity contribution in [2.24, 2.45) is 0 Å². The fourth-order valence-corrected chi connectivity index (χ4v) is 5.31. The number of fused-ring (bicyclic) bond motifs is 3. The Hall–Kier alpha value is -4.10. The molecule has 5 aromatic rings. The summed E-state index contributed by atoms with van der Waals surface area (Å²) in [6.45, 7) is 4.59. The number of para-hydroxylation sites is 2. The molecule has 5 aromatic carbocycles. The summed E-state index contributed by atoms with van der Waals surface area (Å²) >= 11 is 0. The molecule has 6 rings (SSSR count). The molecule has 1 heteroatoms. The van der Waals surface area contributed by atoms with E-state index in [9.17, 15) is 0 Å². The number of nitrogens with zero attached hydrogens (tertiary/aromatic N) is 1. The molecule has 0 amide bonds. The Balaban J connectivity index is 1.35. The Bertz CT molecular complexity index is 1440. The van der Waals surface area contributed by atoms with Crippen LogP contribution in [0.2, 0.25) is 0 Å². The van der Waals surface area contributed by atoms with Gasteiger partial charge >= 0.3 is 0 Å². The maximum atomic E-state index is 2.43. The maximum Gasteiger partial charge on any atom is 0.0462 e. The van der Waals surface area contributed by atoms with Crippen LogP contribution in [0.3, 0.4) is 0 Å². The number of hydrogen-bond acceptors (Lipinski definition) is 1. The van der Waals surface area contributed by atoms with E-state index in [4.69, 9.17) is 0 Å². The van der Waals surface area contributed by atoms with Crippen molar-refractivity contribution in [3.05, 3.63) is 138 Å². The van der Waals surface area contributed by atoms with Gasteiger partial charge in [-0.15, -0.1) is 0 Å². The van der Waals surface area contributed by atoms with Crippen molar-refractivity contribution in [2.45, 2.75) is 32.6 Å². The third kappa shape index (κ3) is 4.12. The molecule has 0 spiro atoms. The molecule has 0 heterocycles. The van der Waals surface area contributed by atoms with Crippen molar-refractivity contribution < 1.29 is 0 Å². The van der Waals surface area contributed by atoms with Gasteiger partial charge in [-0.1, -0.05) is 92.7 Å². The first-order chi connectivity index (χ1) is 17.7. The number of hydrogen-bond donors (Lipinski definition) is 0. The quantitative estimate of drug-likeness (QED) is 0.236. The van der Waals surface area contributed by atoms with Gasteiger partial charge in [-0.05, 0) is 100 Å². The second kappa shape index (κ2) is 9.51. The zero-order chi connectivity index (χ0) is 24.5. The third-order valence-corrected chi connectivity index (χ3v) is 7.58. The first kappa shape index (κ1) is 22.4. The zero-order valence-electron chi connectivity index (χ0n) is 21.0. The third-order valence-electron chi connectivity index (χ3n) is 7.58. The first-order valence-electron chi connectivity index (χ1n) is 13.0. The van der Waals surface area contributed by atoms with Gasteiger partial charge < -0.3 is 4.90 Å². The Morgan fingerprint density at radius 3 is 1.72 bits per heavy atom. The second-order valence-corrected chi connectivity index (χ2v) is 9.83. The van der Waals surface area contributed by atoms with Crippen LogP contribution in [0.4, 0.5) is 17.1 Å². The Labute approximate surface area is 214 Å². The lowest BCUT2D eigenvalue weighted by Gasteiger charge is -2.25. The van der Waals surface area contributed by atoms with Gasteiger partial charge in [0.05, 0.1) is 0 Å². The highest BCUT2D eigenvalue weighted by atomic mass is 15.1. The van der Waals surface area contributed by atoms with Crippen molar-refractivity contribution >= 4 is 17.1 Å². The molecule has 1 unspecified atom stereocenters. The molecule has 176 valence electrons. The molecular weight excluding hydrogens is 434 g/mol. The van der Waals surface area contributed by atoms with E-state index in [2.05, 4.69) is 140 Å². The molecular formula is C35H31N. The molecule has 1 aliphatic rings. The molecule has 0 N–H and O–H groups in total. The fourth-order valence-electron chi connectivity index (χ4n) is 5.31. The minimum absolute atomic E-state index is 0.590. The van der Waals surface area contributed by atoms with Gasteiger partial charge in [-0.3, -0.25) is 0 Å².